The van der Waals surface area contributed by atoms with Crippen molar-refractivity contribution in [3.63, 3.8) is 0 Å². The molecule has 2 aliphatic rings. The van der Waals surface area contributed by atoms with Crippen LogP contribution in [0.2, 0.25) is 0 Å². The van der Waals surface area contributed by atoms with Gasteiger partial charge in [-0.05, 0) is 19.3 Å². The second-order valence-electron chi connectivity index (χ2n) is 4.51. The Bertz CT molecular complexity index is 253. The van der Waals surface area contributed by atoms with Crippen LogP contribution < -0.4 is 5.73 Å². The first-order valence-electron chi connectivity index (χ1n) is 5.46. The largest absolute Gasteiger partial charge is 0.480 e. The fourth-order valence-electron chi connectivity index (χ4n) is 2.50. The zero-order valence-corrected chi connectivity index (χ0v) is 8.82. The van der Waals surface area contributed by atoms with Crippen molar-refractivity contribution in [2.24, 2.45) is 5.73 Å². The van der Waals surface area contributed by atoms with E-state index in [1.165, 1.54) is 0 Å². The second-order valence-corrected chi connectivity index (χ2v) is 4.51. The highest BCUT2D eigenvalue weighted by Gasteiger charge is 2.44. The molecular formula is C10H18N2O3. The summed E-state index contributed by atoms with van der Waals surface area (Å²) >= 11 is 0. The molecule has 2 rings (SSSR count). The van der Waals surface area contributed by atoms with Gasteiger partial charge in [0.25, 0.3) is 0 Å². The van der Waals surface area contributed by atoms with Gasteiger partial charge in [0.1, 0.15) is 5.54 Å². The molecule has 0 aromatic heterocycles. The normalized spacial score (nSPS) is 38.1. The van der Waals surface area contributed by atoms with Crippen LogP contribution in [0.15, 0.2) is 0 Å². The molecule has 15 heavy (non-hydrogen) atoms. The molecule has 5 heteroatoms. The van der Waals surface area contributed by atoms with Crippen molar-refractivity contribution in [2.45, 2.75) is 30.8 Å². The number of aliphatic carboxylic acids is 1. The molecule has 1 heterocycles. The predicted octanol–water partition coefficient (Wildman–Crippen LogP) is -0.347. The number of ether oxygens (including phenoxy) is 1. The van der Waals surface area contributed by atoms with Gasteiger partial charge in [-0.1, -0.05) is 0 Å². The molecule has 86 valence electrons. The summed E-state index contributed by atoms with van der Waals surface area (Å²) in [5, 5.41) is 9.02. The molecule has 0 radical (unpaired) electrons. The van der Waals surface area contributed by atoms with Gasteiger partial charge in [0.2, 0.25) is 0 Å². The van der Waals surface area contributed by atoms with Crippen LogP contribution in [-0.2, 0) is 9.53 Å². The molecule has 1 saturated carbocycles. The van der Waals surface area contributed by atoms with Crippen molar-refractivity contribution in [3.8, 4) is 0 Å². The molecule has 2 atom stereocenters. The van der Waals surface area contributed by atoms with Crippen LogP contribution in [0.25, 0.3) is 0 Å². The average Bonchev–Trinajstić information content (AvgIpc) is 2.64. The summed E-state index contributed by atoms with van der Waals surface area (Å²) < 4.78 is 5.27. The zero-order valence-electron chi connectivity index (χ0n) is 8.82. The number of nitrogens with zero attached hydrogens (tertiary/aromatic N) is 1. The summed E-state index contributed by atoms with van der Waals surface area (Å²) in [5.41, 5.74) is 4.84. The van der Waals surface area contributed by atoms with E-state index in [9.17, 15) is 4.79 Å². The molecule has 2 fully saturated rings. The number of hydrogen-bond donors (Lipinski definition) is 2. The maximum atomic E-state index is 11.0. The van der Waals surface area contributed by atoms with E-state index in [0.717, 1.165) is 32.7 Å². The smallest absolute Gasteiger partial charge is 0.323 e. The summed E-state index contributed by atoms with van der Waals surface area (Å²) in [6.45, 7) is 3.31. The molecule has 0 aromatic rings. The molecule has 5 nitrogen and oxygen atoms in total. The van der Waals surface area contributed by atoms with E-state index < -0.39 is 11.5 Å². The van der Waals surface area contributed by atoms with Crippen molar-refractivity contribution in [3.05, 3.63) is 0 Å². The lowest BCUT2D eigenvalue weighted by Gasteiger charge is -2.32. The number of carboxylic acids is 1. The summed E-state index contributed by atoms with van der Waals surface area (Å²) in [6.07, 6.45) is 2.05. The van der Waals surface area contributed by atoms with E-state index in [1.807, 2.05) is 0 Å². The molecule has 1 aliphatic carbocycles. The molecular weight excluding hydrogens is 196 g/mol. The van der Waals surface area contributed by atoms with Crippen LogP contribution in [-0.4, -0.2) is 53.9 Å². The fraction of sp³-hybridized carbons (Fsp3) is 0.900. The van der Waals surface area contributed by atoms with Gasteiger partial charge in [0.15, 0.2) is 0 Å². The van der Waals surface area contributed by atoms with Gasteiger partial charge < -0.3 is 15.6 Å². The van der Waals surface area contributed by atoms with Gasteiger partial charge >= 0.3 is 5.97 Å². The van der Waals surface area contributed by atoms with Gasteiger partial charge in [-0.25, -0.2) is 0 Å². The van der Waals surface area contributed by atoms with Crippen LogP contribution in [0.1, 0.15) is 19.3 Å². The third-order valence-corrected chi connectivity index (χ3v) is 3.51. The molecule has 3 N–H and O–H groups in total. The van der Waals surface area contributed by atoms with Gasteiger partial charge in [0, 0.05) is 19.1 Å². The Morgan fingerprint density at radius 2 is 2.13 bits per heavy atom. The third kappa shape index (κ3) is 2.14. The number of nitrogens with two attached hydrogens (primary N) is 1. The number of carbonyl (C=O) groups is 1. The maximum Gasteiger partial charge on any atom is 0.323 e. The lowest BCUT2D eigenvalue weighted by Crippen LogP contribution is -2.48. The Labute approximate surface area is 89.2 Å². The number of morpholine rings is 1. The maximum absolute atomic E-state index is 11.0. The summed E-state index contributed by atoms with van der Waals surface area (Å²) in [4.78, 5) is 13.3. The first kappa shape index (κ1) is 10.9. The van der Waals surface area contributed by atoms with Crippen LogP contribution in [0, 0.1) is 0 Å². The number of hydrogen-bond acceptors (Lipinski definition) is 4. The molecule has 2 unspecified atom stereocenters. The van der Waals surface area contributed by atoms with E-state index in [1.54, 1.807) is 0 Å². The van der Waals surface area contributed by atoms with E-state index in [2.05, 4.69) is 4.90 Å². The quantitative estimate of drug-likeness (QED) is 0.657. The highest BCUT2D eigenvalue weighted by molar-refractivity contribution is 5.79. The van der Waals surface area contributed by atoms with Crippen molar-refractivity contribution in [1.29, 1.82) is 0 Å². The van der Waals surface area contributed by atoms with E-state index in [4.69, 9.17) is 15.6 Å². The van der Waals surface area contributed by atoms with Crippen LogP contribution in [0.5, 0.6) is 0 Å². The molecule has 1 saturated heterocycles. The standard InChI is InChI=1S/C10H18N2O3/c11-10(9(13)14)2-1-8(7-10)12-3-5-15-6-4-12/h8H,1-7,11H2,(H,13,14). The lowest BCUT2D eigenvalue weighted by molar-refractivity contribution is -0.143. The van der Waals surface area contributed by atoms with Gasteiger partial charge in [0.05, 0.1) is 13.2 Å². The van der Waals surface area contributed by atoms with Crippen molar-refractivity contribution in [1.82, 2.24) is 4.90 Å². The summed E-state index contributed by atoms with van der Waals surface area (Å²) in [5.74, 6) is -0.863. The third-order valence-electron chi connectivity index (χ3n) is 3.51. The summed E-state index contributed by atoms with van der Waals surface area (Å²) in [6, 6.07) is 0.329. The van der Waals surface area contributed by atoms with Gasteiger partial charge in [-0.15, -0.1) is 0 Å². The Morgan fingerprint density at radius 1 is 1.47 bits per heavy atom. The first-order valence-corrected chi connectivity index (χ1v) is 5.46. The monoisotopic (exact) mass is 214 g/mol. The lowest BCUT2D eigenvalue weighted by atomic mass is 9.99. The highest BCUT2D eigenvalue weighted by atomic mass is 16.5. The van der Waals surface area contributed by atoms with Crippen molar-refractivity contribution in [2.75, 3.05) is 26.3 Å². The minimum atomic E-state index is -0.997. The van der Waals surface area contributed by atoms with Crippen LogP contribution in [0.4, 0.5) is 0 Å². The topological polar surface area (TPSA) is 75.8 Å². The molecule has 0 amide bonds. The average molecular weight is 214 g/mol. The van der Waals surface area contributed by atoms with Crippen LogP contribution in [0.3, 0.4) is 0 Å². The number of carboxylic acid groups (broad SMARTS) is 1. The number of rotatable bonds is 2. The van der Waals surface area contributed by atoms with E-state index in [-0.39, 0.29) is 0 Å². The highest BCUT2D eigenvalue weighted by Crippen LogP contribution is 2.31. The Balaban J connectivity index is 1.94. The molecule has 0 aromatic carbocycles. The minimum Gasteiger partial charge on any atom is -0.480 e. The van der Waals surface area contributed by atoms with E-state index in [0.29, 0.717) is 18.9 Å². The van der Waals surface area contributed by atoms with Crippen molar-refractivity contribution >= 4 is 5.97 Å². The SMILES string of the molecule is NC1(C(=O)O)CCC(N2CCOCC2)C1. The Morgan fingerprint density at radius 3 is 2.67 bits per heavy atom. The predicted molar refractivity (Wildman–Crippen MR) is 54.6 cm³/mol. The zero-order chi connectivity index (χ0) is 10.9. The van der Waals surface area contributed by atoms with Crippen LogP contribution >= 0.6 is 0 Å². The molecule has 1 aliphatic heterocycles. The molecule has 0 spiro atoms. The van der Waals surface area contributed by atoms with Gasteiger partial charge in [-0.2, -0.15) is 0 Å². The van der Waals surface area contributed by atoms with Gasteiger partial charge in [-0.3, -0.25) is 9.69 Å². The fourth-order valence-corrected chi connectivity index (χ4v) is 2.50. The Kier molecular flexibility index (Phi) is 2.95. The first-order chi connectivity index (χ1) is 7.12. The van der Waals surface area contributed by atoms with E-state index >= 15 is 0 Å². The second kappa shape index (κ2) is 4.08. The minimum absolute atomic E-state index is 0.329. The Hall–Kier alpha value is -0.650. The molecule has 0 bridgehead atoms. The summed E-state index contributed by atoms with van der Waals surface area (Å²) in [7, 11) is 0. The van der Waals surface area contributed by atoms with Crippen molar-refractivity contribution < 1.29 is 14.6 Å².